The molecule has 0 spiro atoms. The van der Waals surface area contributed by atoms with Crippen molar-refractivity contribution in [2.45, 2.75) is 49.8 Å². The molecule has 1 fully saturated rings. The maximum atomic E-state index is 13.8. The van der Waals surface area contributed by atoms with E-state index in [1.54, 1.807) is 12.1 Å². The minimum atomic E-state index is -0.250. The molecule has 112 valence electrons. The predicted octanol–water partition coefficient (Wildman–Crippen LogP) is 3.92. The first-order valence-corrected chi connectivity index (χ1v) is 8.64. The first-order valence-electron chi connectivity index (χ1n) is 7.21. The molecule has 0 aromatic heterocycles. The Morgan fingerprint density at radius 3 is 2.75 bits per heavy atom. The Bertz CT molecular complexity index is 404. The molecule has 1 aliphatic carbocycles. The van der Waals surface area contributed by atoms with E-state index in [2.05, 4.69) is 5.43 Å². The van der Waals surface area contributed by atoms with Crippen LogP contribution < -0.4 is 11.3 Å². The molecule has 0 aliphatic heterocycles. The van der Waals surface area contributed by atoms with Crippen LogP contribution in [-0.4, -0.2) is 17.0 Å². The van der Waals surface area contributed by atoms with Crippen LogP contribution in [0.1, 0.15) is 37.7 Å². The van der Waals surface area contributed by atoms with Crippen molar-refractivity contribution < 1.29 is 4.39 Å². The van der Waals surface area contributed by atoms with Gasteiger partial charge in [-0.05, 0) is 31.4 Å². The summed E-state index contributed by atoms with van der Waals surface area (Å²) in [5, 5.41) is 1.21. The smallest absolute Gasteiger partial charge is 0.127 e. The summed E-state index contributed by atoms with van der Waals surface area (Å²) in [6.45, 7) is 0. The Hall–Kier alpha value is -0.290. The van der Waals surface area contributed by atoms with Crippen LogP contribution in [0, 0.1) is 5.82 Å². The molecule has 0 bridgehead atoms. The fourth-order valence-corrected chi connectivity index (χ4v) is 4.25. The van der Waals surface area contributed by atoms with Crippen LogP contribution in [-0.2, 0) is 6.42 Å². The van der Waals surface area contributed by atoms with Crippen LogP contribution in [0.4, 0.5) is 4.39 Å². The van der Waals surface area contributed by atoms with Gasteiger partial charge in [0.05, 0.1) is 0 Å². The Balaban J connectivity index is 1.88. The monoisotopic (exact) mass is 316 g/mol. The van der Waals surface area contributed by atoms with Crippen molar-refractivity contribution in [2.75, 3.05) is 5.75 Å². The molecule has 2 nitrogen and oxygen atoms in total. The van der Waals surface area contributed by atoms with Gasteiger partial charge in [0.15, 0.2) is 0 Å². The van der Waals surface area contributed by atoms with Gasteiger partial charge >= 0.3 is 0 Å². The third kappa shape index (κ3) is 4.62. The van der Waals surface area contributed by atoms with E-state index in [-0.39, 0.29) is 11.9 Å². The average Bonchev–Trinajstić information content (AvgIpc) is 2.47. The van der Waals surface area contributed by atoms with Crippen molar-refractivity contribution in [3.8, 4) is 0 Å². The van der Waals surface area contributed by atoms with Crippen LogP contribution >= 0.6 is 23.4 Å². The van der Waals surface area contributed by atoms with E-state index in [0.717, 1.165) is 11.0 Å². The van der Waals surface area contributed by atoms with E-state index in [9.17, 15) is 4.39 Å². The van der Waals surface area contributed by atoms with Gasteiger partial charge in [-0.2, -0.15) is 11.8 Å². The second-order valence-corrected chi connectivity index (χ2v) is 7.10. The zero-order valence-electron chi connectivity index (χ0n) is 11.6. The van der Waals surface area contributed by atoms with Crippen molar-refractivity contribution in [1.82, 2.24) is 5.43 Å². The Kier molecular flexibility index (Phi) is 6.62. The van der Waals surface area contributed by atoms with Crippen LogP contribution in [0.5, 0.6) is 0 Å². The normalized spacial score (nSPS) is 18.1. The van der Waals surface area contributed by atoms with E-state index in [1.807, 2.05) is 11.8 Å². The largest absolute Gasteiger partial charge is 0.271 e. The first kappa shape index (κ1) is 16.1. The Morgan fingerprint density at radius 1 is 1.35 bits per heavy atom. The van der Waals surface area contributed by atoms with Crippen molar-refractivity contribution in [2.24, 2.45) is 5.84 Å². The van der Waals surface area contributed by atoms with Gasteiger partial charge in [0, 0.05) is 27.6 Å². The lowest BCUT2D eigenvalue weighted by Gasteiger charge is -2.24. The zero-order chi connectivity index (χ0) is 14.4. The Morgan fingerprint density at radius 2 is 2.10 bits per heavy atom. The molecule has 2 rings (SSSR count). The van der Waals surface area contributed by atoms with Gasteiger partial charge in [-0.3, -0.25) is 11.3 Å². The third-order valence-electron chi connectivity index (χ3n) is 3.83. The van der Waals surface area contributed by atoms with Crippen molar-refractivity contribution in [3.05, 3.63) is 34.6 Å². The molecule has 1 unspecified atom stereocenters. The molecule has 1 saturated carbocycles. The van der Waals surface area contributed by atoms with Gasteiger partial charge in [-0.25, -0.2) is 4.39 Å². The molecule has 0 heterocycles. The number of nitrogens with one attached hydrogen (secondary N) is 1. The highest BCUT2D eigenvalue weighted by Crippen LogP contribution is 2.29. The number of thioether (sulfide) groups is 1. The van der Waals surface area contributed by atoms with Crippen LogP contribution in [0.3, 0.4) is 0 Å². The summed E-state index contributed by atoms with van der Waals surface area (Å²) in [7, 11) is 0. The summed E-state index contributed by atoms with van der Waals surface area (Å²) in [6, 6.07) is 4.85. The summed E-state index contributed by atoms with van der Waals surface area (Å²) in [4.78, 5) is 0. The van der Waals surface area contributed by atoms with Crippen LogP contribution in [0.25, 0.3) is 0 Å². The highest BCUT2D eigenvalue weighted by Gasteiger charge is 2.18. The number of nitrogens with two attached hydrogens (primary N) is 1. The summed E-state index contributed by atoms with van der Waals surface area (Å²) >= 11 is 8.02. The number of hydrazine groups is 1. The molecule has 20 heavy (non-hydrogen) atoms. The molecule has 1 aliphatic rings. The lowest BCUT2D eigenvalue weighted by atomic mass is 10.0. The lowest BCUT2D eigenvalue weighted by molar-refractivity contribution is 0.511. The number of benzene rings is 1. The maximum Gasteiger partial charge on any atom is 0.127 e. The second kappa shape index (κ2) is 8.23. The topological polar surface area (TPSA) is 38.0 Å². The molecule has 0 saturated heterocycles. The number of rotatable bonds is 6. The molecular formula is C15H22ClFN2S. The molecule has 0 radical (unpaired) electrons. The first-order chi connectivity index (χ1) is 9.70. The highest BCUT2D eigenvalue weighted by atomic mass is 35.5. The van der Waals surface area contributed by atoms with Gasteiger partial charge in [-0.15, -0.1) is 0 Å². The SMILES string of the molecule is NNC(CSC1CCCCC1)Cc1c(F)cccc1Cl. The predicted molar refractivity (Wildman–Crippen MR) is 85.6 cm³/mol. The molecule has 3 N–H and O–H groups in total. The van der Waals surface area contributed by atoms with Gasteiger partial charge < -0.3 is 0 Å². The zero-order valence-corrected chi connectivity index (χ0v) is 13.2. The molecule has 0 amide bonds. The fraction of sp³-hybridized carbons (Fsp3) is 0.600. The quantitative estimate of drug-likeness (QED) is 0.617. The van der Waals surface area contributed by atoms with Gasteiger partial charge in [-0.1, -0.05) is 36.9 Å². The Labute approximate surface area is 129 Å². The third-order valence-corrected chi connectivity index (χ3v) is 5.72. The maximum absolute atomic E-state index is 13.8. The van der Waals surface area contributed by atoms with E-state index in [4.69, 9.17) is 17.4 Å². The minimum absolute atomic E-state index is 0.0522. The van der Waals surface area contributed by atoms with Crippen molar-refractivity contribution >= 4 is 23.4 Å². The van der Waals surface area contributed by atoms with Crippen molar-refractivity contribution in [3.63, 3.8) is 0 Å². The van der Waals surface area contributed by atoms with Gasteiger partial charge in [0.25, 0.3) is 0 Å². The van der Waals surface area contributed by atoms with Crippen molar-refractivity contribution in [1.29, 1.82) is 0 Å². The average molecular weight is 317 g/mol. The van der Waals surface area contributed by atoms with Gasteiger partial charge in [0.2, 0.25) is 0 Å². The minimum Gasteiger partial charge on any atom is -0.271 e. The summed E-state index contributed by atoms with van der Waals surface area (Å²) in [6.07, 6.45) is 7.14. The standard InChI is InChI=1S/C15H22ClFN2S/c16-14-7-4-8-15(17)13(14)9-11(19-18)10-20-12-5-2-1-3-6-12/h4,7-8,11-12,19H,1-3,5-6,9-10,18H2. The second-order valence-electron chi connectivity index (χ2n) is 5.36. The summed E-state index contributed by atoms with van der Waals surface area (Å²) in [5.74, 6) is 6.25. The van der Waals surface area contributed by atoms with E-state index in [1.165, 1.54) is 38.2 Å². The van der Waals surface area contributed by atoms with E-state index in [0.29, 0.717) is 17.0 Å². The summed E-state index contributed by atoms with van der Waals surface area (Å²) < 4.78 is 13.8. The van der Waals surface area contributed by atoms with E-state index < -0.39 is 0 Å². The van der Waals surface area contributed by atoms with Crippen LogP contribution in [0.2, 0.25) is 5.02 Å². The molecular weight excluding hydrogens is 295 g/mol. The van der Waals surface area contributed by atoms with Gasteiger partial charge in [0.1, 0.15) is 5.82 Å². The number of hydrogen-bond donors (Lipinski definition) is 2. The van der Waals surface area contributed by atoms with Crippen LogP contribution in [0.15, 0.2) is 18.2 Å². The summed E-state index contributed by atoms with van der Waals surface area (Å²) in [5.41, 5.74) is 3.36. The molecule has 1 aromatic carbocycles. The molecule has 5 heteroatoms. The number of hydrogen-bond acceptors (Lipinski definition) is 3. The fourth-order valence-electron chi connectivity index (χ4n) is 2.62. The van der Waals surface area contributed by atoms with E-state index >= 15 is 0 Å². The molecule has 1 aromatic rings. The number of halogens is 2. The molecule has 1 atom stereocenters. The highest BCUT2D eigenvalue weighted by molar-refractivity contribution is 7.99. The lowest BCUT2D eigenvalue weighted by Crippen LogP contribution is -2.39.